The van der Waals surface area contributed by atoms with Gasteiger partial charge in [0.2, 0.25) is 15.9 Å². The van der Waals surface area contributed by atoms with Gasteiger partial charge in [0.15, 0.2) is 0 Å². The number of nitrogens with one attached hydrogen (secondary N) is 1. The third kappa shape index (κ3) is 5.31. The maximum atomic E-state index is 13.0. The molecule has 0 unspecified atom stereocenters. The van der Waals surface area contributed by atoms with Crippen LogP contribution in [0.3, 0.4) is 0 Å². The highest BCUT2D eigenvalue weighted by molar-refractivity contribution is 7.89. The Bertz CT molecular complexity index is 1170. The van der Waals surface area contributed by atoms with E-state index < -0.39 is 10.0 Å². The van der Waals surface area contributed by atoms with Crippen LogP contribution < -0.4 is 10.1 Å². The maximum Gasteiger partial charge on any atom is 0.243 e. The van der Waals surface area contributed by atoms with Crippen molar-refractivity contribution in [1.82, 2.24) is 9.62 Å². The monoisotopic (exact) mass is 438 g/mol. The molecule has 162 valence electrons. The number of fused-ring (bicyclic) bond motifs is 1. The molecule has 1 atom stereocenters. The Morgan fingerprint density at radius 2 is 1.77 bits per heavy atom. The van der Waals surface area contributed by atoms with Crippen molar-refractivity contribution in [2.75, 3.05) is 20.2 Å². The summed E-state index contributed by atoms with van der Waals surface area (Å²) in [7, 11) is -2.36. The summed E-state index contributed by atoms with van der Waals surface area (Å²) in [5.41, 5.74) is 0.945. The number of rotatable bonds is 9. The highest BCUT2D eigenvalue weighted by Crippen LogP contribution is 2.21. The van der Waals surface area contributed by atoms with E-state index in [1.54, 1.807) is 12.1 Å². The number of hydrogen-bond acceptors (Lipinski definition) is 4. The van der Waals surface area contributed by atoms with Gasteiger partial charge in [-0.25, -0.2) is 8.42 Å². The molecule has 0 aliphatic heterocycles. The number of methoxy groups -OCH3 is 1. The lowest BCUT2D eigenvalue weighted by Gasteiger charge is -2.22. The predicted molar refractivity (Wildman–Crippen MR) is 122 cm³/mol. The zero-order valence-electron chi connectivity index (χ0n) is 17.6. The number of amides is 1. The van der Waals surface area contributed by atoms with Crippen LogP contribution in [0.5, 0.6) is 5.75 Å². The first-order valence-corrected chi connectivity index (χ1v) is 11.3. The minimum atomic E-state index is -3.87. The van der Waals surface area contributed by atoms with Gasteiger partial charge >= 0.3 is 0 Å². The third-order valence-corrected chi connectivity index (χ3v) is 6.83. The van der Waals surface area contributed by atoms with E-state index >= 15 is 0 Å². The Hall–Kier alpha value is -3.16. The summed E-state index contributed by atoms with van der Waals surface area (Å²) in [4.78, 5) is 12.8. The van der Waals surface area contributed by atoms with Gasteiger partial charge in [-0.15, -0.1) is 6.58 Å². The zero-order valence-corrected chi connectivity index (χ0v) is 18.4. The van der Waals surface area contributed by atoms with Crippen molar-refractivity contribution in [2.24, 2.45) is 0 Å². The maximum absolute atomic E-state index is 13.0. The standard InChI is InChI=1S/C24H26N2O4S/c1-4-15-26(31(28,29)23-13-11-22(30-3)12-14-23)17-24(27)25-18(2)20-10-9-19-7-5-6-8-21(19)16-20/h4-14,16,18H,1,15,17H2,2-3H3,(H,25,27)/t18-/m1/s1. The minimum Gasteiger partial charge on any atom is -0.497 e. The van der Waals surface area contributed by atoms with Gasteiger partial charge in [0.1, 0.15) is 5.75 Å². The first-order chi connectivity index (χ1) is 14.8. The molecule has 3 rings (SSSR count). The fourth-order valence-corrected chi connectivity index (χ4v) is 4.66. The molecule has 0 saturated heterocycles. The zero-order chi connectivity index (χ0) is 22.4. The van der Waals surface area contributed by atoms with Gasteiger partial charge in [0.25, 0.3) is 0 Å². The molecular formula is C24H26N2O4S. The van der Waals surface area contributed by atoms with Crippen molar-refractivity contribution in [2.45, 2.75) is 17.9 Å². The van der Waals surface area contributed by atoms with Gasteiger partial charge in [-0.2, -0.15) is 4.31 Å². The first-order valence-electron chi connectivity index (χ1n) is 9.88. The topological polar surface area (TPSA) is 75.7 Å². The molecule has 0 radical (unpaired) electrons. The molecule has 1 N–H and O–H groups in total. The lowest BCUT2D eigenvalue weighted by atomic mass is 10.0. The van der Waals surface area contributed by atoms with E-state index in [-0.39, 0.29) is 29.9 Å². The summed E-state index contributed by atoms with van der Waals surface area (Å²) < 4.78 is 32.2. The minimum absolute atomic E-state index is 0.0200. The van der Waals surface area contributed by atoms with E-state index in [1.165, 1.54) is 25.3 Å². The number of carbonyl (C=O) groups is 1. The average molecular weight is 439 g/mol. The first kappa shape index (κ1) is 22.5. The van der Waals surface area contributed by atoms with Gasteiger partial charge < -0.3 is 10.1 Å². The number of nitrogens with zero attached hydrogens (tertiary/aromatic N) is 1. The van der Waals surface area contributed by atoms with Crippen LogP contribution in [0.25, 0.3) is 10.8 Å². The van der Waals surface area contributed by atoms with E-state index in [2.05, 4.69) is 11.9 Å². The smallest absolute Gasteiger partial charge is 0.243 e. The number of sulfonamides is 1. The molecule has 3 aromatic rings. The van der Waals surface area contributed by atoms with E-state index in [9.17, 15) is 13.2 Å². The van der Waals surface area contributed by atoms with E-state index in [0.29, 0.717) is 5.75 Å². The molecule has 0 aromatic heterocycles. The summed E-state index contributed by atoms with van der Waals surface area (Å²) in [6.45, 7) is 5.21. The Kier molecular flexibility index (Phi) is 7.09. The van der Waals surface area contributed by atoms with E-state index in [1.807, 2.05) is 49.4 Å². The van der Waals surface area contributed by atoms with Crippen molar-refractivity contribution < 1.29 is 17.9 Å². The molecule has 31 heavy (non-hydrogen) atoms. The number of carbonyl (C=O) groups excluding carboxylic acids is 1. The second-order valence-electron chi connectivity index (χ2n) is 7.16. The molecule has 0 aliphatic rings. The Balaban J connectivity index is 1.73. The summed E-state index contributed by atoms with van der Waals surface area (Å²) >= 11 is 0. The predicted octanol–water partition coefficient (Wildman–Crippen LogP) is 3.90. The van der Waals surface area contributed by atoms with Crippen molar-refractivity contribution in [1.29, 1.82) is 0 Å². The second kappa shape index (κ2) is 9.76. The fourth-order valence-electron chi connectivity index (χ4n) is 3.30. The number of hydrogen-bond donors (Lipinski definition) is 1. The van der Waals surface area contributed by atoms with Crippen LogP contribution in [-0.4, -0.2) is 38.8 Å². The number of benzene rings is 3. The molecule has 0 spiro atoms. The van der Waals surface area contributed by atoms with Gasteiger partial charge in [0, 0.05) is 6.54 Å². The lowest BCUT2D eigenvalue weighted by Crippen LogP contribution is -2.41. The summed E-state index contributed by atoms with van der Waals surface area (Å²) in [5, 5.41) is 5.09. The average Bonchev–Trinajstić information content (AvgIpc) is 2.78. The van der Waals surface area contributed by atoms with E-state index in [4.69, 9.17) is 4.74 Å². The van der Waals surface area contributed by atoms with Crippen LogP contribution in [0.2, 0.25) is 0 Å². The third-order valence-electron chi connectivity index (χ3n) is 5.00. The highest BCUT2D eigenvalue weighted by Gasteiger charge is 2.26. The molecule has 0 saturated carbocycles. The lowest BCUT2D eigenvalue weighted by molar-refractivity contribution is -0.121. The van der Waals surface area contributed by atoms with Crippen LogP contribution in [0.4, 0.5) is 0 Å². The van der Waals surface area contributed by atoms with Crippen LogP contribution in [0, 0.1) is 0 Å². The molecule has 7 heteroatoms. The van der Waals surface area contributed by atoms with Crippen molar-refractivity contribution in [3.63, 3.8) is 0 Å². The molecule has 0 aliphatic carbocycles. The SMILES string of the molecule is C=CCN(CC(=O)N[C@H](C)c1ccc2ccccc2c1)S(=O)(=O)c1ccc(OC)cc1. The second-order valence-corrected chi connectivity index (χ2v) is 9.10. The largest absolute Gasteiger partial charge is 0.497 e. The van der Waals surface area contributed by atoms with Gasteiger partial charge in [-0.1, -0.05) is 42.5 Å². The van der Waals surface area contributed by atoms with Crippen LogP contribution in [0.1, 0.15) is 18.5 Å². The van der Waals surface area contributed by atoms with Crippen molar-refractivity contribution >= 4 is 26.7 Å². The van der Waals surface area contributed by atoms with E-state index in [0.717, 1.165) is 20.6 Å². The normalized spacial score (nSPS) is 12.5. The summed E-state index contributed by atoms with van der Waals surface area (Å²) in [6, 6.07) is 19.8. The van der Waals surface area contributed by atoms with Crippen LogP contribution in [0.15, 0.2) is 84.3 Å². The van der Waals surface area contributed by atoms with Crippen molar-refractivity contribution in [3.8, 4) is 5.75 Å². The fraction of sp³-hybridized carbons (Fsp3) is 0.208. The summed E-state index contributed by atoms with van der Waals surface area (Å²) in [5.74, 6) is 0.163. The van der Waals surface area contributed by atoms with Crippen molar-refractivity contribution in [3.05, 3.63) is 84.9 Å². The Morgan fingerprint density at radius 1 is 1.10 bits per heavy atom. The Labute approximate surface area is 183 Å². The van der Waals surface area contributed by atoms with Gasteiger partial charge in [-0.3, -0.25) is 4.79 Å². The van der Waals surface area contributed by atoms with Crippen LogP contribution >= 0.6 is 0 Å². The van der Waals surface area contributed by atoms with Gasteiger partial charge in [-0.05, 0) is 53.6 Å². The molecule has 0 heterocycles. The summed E-state index contributed by atoms with van der Waals surface area (Å²) in [6.07, 6.45) is 1.46. The van der Waals surface area contributed by atoms with Crippen LogP contribution in [-0.2, 0) is 14.8 Å². The molecule has 0 bridgehead atoms. The number of ether oxygens (including phenoxy) is 1. The molecule has 1 amide bonds. The molecule has 0 fully saturated rings. The molecule has 6 nitrogen and oxygen atoms in total. The van der Waals surface area contributed by atoms with Gasteiger partial charge in [0.05, 0.1) is 24.6 Å². The molecule has 3 aromatic carbocycles. The quantitative estimate of drug-likeness (QED) is 0.514. The Morgan fingerprint density at radius 3 is 2.42 bits per heavy atom. The highest BCUT2D eigenvalue weighted by atomic mass is 32.2. The molecular weight excluding hydrogens is 412 g/mol.